The molecule has 1 aromatic carbocycles. The van der Waals surface area contributed by atoms with E-state index in [1.54, 1.807) is 12.1 Å². The topological polar surface area (TPSA) is 12.0 Å². The van der Waals surface area contributed by atoms with Crippen LogP contribution in [0.5, 0.6) is 0 Å². The Morgan fingerprint density at radius 1 is 1.22 bits per heavy atom. The molecule has 0 aromatic heterocycles. The molecule has 1 N–H and O–H groups in total. The Labute approximate surface area is 105 Å². The van der Waals surface area contributed by atoms with Crippen molar-refractivity contribution in [3.63, 3.8) is 0 Å². The van der Waals surface area contributed by atoms with Gasteiger partial charge in [-0.25, -0.2) is 0 Å². The number of halogens is 3. The summed E-state index contributed by atoms with van der Waals surface area (Å²) in [4.78, 5) is 0. The van der Waals surface area contributed by atoms with E-state index in [0.29, 0.717) is 12.0 Å². The first-order valence-corrected chi connectivity index (χ1v) is 6.36. The summed E-state index contributed by atoms with van der Waals surface area (Å²) in [5, 5.41) is 3.44. The van der Waals surface area contributed by atoms with Crippen molar-refractivity contribution in [1.29, 1.82) is 0 Å². The molecule has 1 fully saturated rings. The Kier molecular flexibility index (Phi) is 3.95. The Morgan fingerprint density at radius 2 is 1.89 bits per heavy atom. The third-order valence-electron chi connectivity index (χ3n) is 3.67. The Balaban J connectivity index is 2.02. The standard InChI is InChI=1S/C14H18F3N/c1-10-3-2-8-18-13(10)9-11-4-6-12(7-5-11)14(15,16)17/h4-7,10,13,18H,2-3,8-9H2,1H3. The molecule has 1 saturated heterocycles. The predicted octanol–water partition coefficient (Wildman–Crippen LogP) is 3.64. The van der Waals surface area contributed by atoms with Crippen molar-refractivity contribution in [1.82, 2.24) is 5.32 Å². The molecule has 18 heavy (non-hydrogen) atoms. The summed E-state index contributed by atoms with van der Waals surface area (Å²) in [6.45, 7) is 3.20. The SMILES string of the molecule is CC1CCCNC1Cc1ccc(C(F)(F)F)cc1. The lowest BCUT2D eigenvalue weighted by atomic mass is 9.88. The Bertz CT molecular complexity index is 383. The van der Waals surface area contributed by atoms with Crippen LogP contribution >= 0.6 is 0 Å². The molecule has 2 rings (SSSR count). The van der Waals surface area contributed by atoms with Gasteiger partial charge < -0.3 is 5.32 Å². The van der Waals surface area contributed by atoms with Crippen molar-refractivity contribution in [3.8, 4) is 0 Å². The molecule has 1 aliphatic heterocycles. The van der Waals surface area contributed by atoms with Crippen LogP contribution in [0.4, 0.5) is 13.2 Å². The zero-order chi connectivity index (χ0) is 13.2. The van der Waals surface area contributed by atoms with Gasteiger partial charge >= 0.3 is 6.18 Å². The summed E-state index contributed by atoms with van der Waals surface area (Å²) in [5.74, 6) is 0.584. The van der Waals surface area contributed by atoms with E-state index in [4.69, 9.17) is 0 Å². The first-order valence-electron chi connectivity index (χ1n) is 6.36. The Morgan fingerprint density at radius 3 is 2.44 bits per heavy atom. The molecule has 0 saturated carbocycles. The van der Waals surface area contributed by atoms with Gasteiger partial charge in [-0.3, -0.25) is 0 Å². The van der Waals surface area contributed by atoms with Crippen molar-refractivity contribution in [2.45, 2.75) is 38.4 Å². The van der Waals surface area contributed by atoms with Crippen LogP contribution in [0.25, 0.3) is 0 Å². The first-order chi connectivity index (χ1) is 8.47. The van der Waals surface area contributed by atoms with Gasteiger partial charge in [0.1, 0.15) is 0 Å². The second-order valence-electron chi connectivity index (χ2n) is 5.08. The van der Waals surface area contributed by atoms with Gasteiger partial charge in [-0.15, -0.1) is 0 Å². The van der Waals surface area contributed by atoms with Crippen molar-refractivity contribution in [2.24, 2.45) is 5.92 Å². The highest BCUT2D eigenvalue weighted by molar-refractivity contribution is 5.25. The number of nitrogens with one attached hydrogen (secondary N) is 1. The molecular formula is C14H18F3N. The summed E-state index contributed by atoms with van der Waals surface area (Å²) in [5.41, 5.74) is 0.394. The molecule has 100 valence electrons. The lowest BCUT2D eigenvalue weighted by molar-refractivity contribution is -0.137. The summed E-state index contributed by atoms with van der Waals surface area (Å²) >= 11 is 0. The molecule has 1 nitrogen and oxygen atoms in total. The van der Waals surface area contributed by atoms with E-state index in [9.17, 15) is 13.2 Å². The average Bonchev–Trinajstić information content (AvgIpc) is 2.32. The molecule has 1 heterocycles. The van der Waals surface area contributed by atoms with E-state index >= 15 is 0 Å². The third-order valence-corrected chi connectivity index (χ3v) is 3.67. The minimum Gasteiger partial charge on any atom is -0.313 e. The number of piperidine rings is 1. The molecule has 4 heteroatoms. The summed E-state index contributed by atoms with van der Waals surface area (Å²) in [6, 6.07) is 5.90. The van der Waals surface area contributed by atoms with Crippen LogP contribution in [0.15, 0.2) is 24.3 Å². The quantitative estimate of drug-likeness (QED) is 0.853. The first kappa shape index (κ1) is 13.4. The highest BCUT2D eigenvalue weighted by Crippen LogP contribution is 2.29. The van der Waals surface area contributed by atoms with E-state index in [1.165, 1.54) is 25.0 Å². The second-order valence-corrected chi connectivity index (χ2v) is 5.08. The fourth-order valence-corrected chi connectivity index (χ4v) is 2.47. The maximum atomic E-state index is 12.4. The molecule has 0 amide bonds. The number of hydrogen-bond acceptors (Lipinski definition) is 1. The summed E-state index contributed by atoms with van der Waals surface area (Å²) in [7, 11) is 0. The highest BCUT2D eigenvalue weighted by atomic mass is 19.4. The maximum Gasteiger partial charge on any atom is 0.416 e. The van der Waals surface area contributed by atoms with Crippen LogP contribution in [0, 0.1) is 5.92 Å². The lowest BCUT2D eigenvalue weighted by Gasteiger charge is -2.30. The van der Waals surface area contributed by atoms with Crippen molar-refractivity contribution < 1.29 is 13.2 Å². The van der Waals surface area contributed by atoms with E-state index in [0.717, 1.165) is 18.5 Å². The van der Waals surface area contributed by atoms with Crippen LogP contribution in [0.3, 0.4) is 0 Å². The molecule has 1 aromatic rings. The zero-order valence-corrected chi connectivity index (χ0v) is 10.4. The van der Waals surface area contributed by atoms with E-state index in [2.05, 4.69) is 12.2 Å². The maximum absolute atomic E-state index is 12.4. The minimum absolute atomic E-state index is 0.385. The van der Waals surface area contributed by atoms with Gasteiger partial charge in [0.15, 0.2) is 0 Å². The van der Waals surface area contributed by atoms with Crippen molar-refractivity contribution in [3.05, 3.63) is 35.4 Å². The van der Waals surface area contributed by atoms with Crippen molar-refractivity contribution >= 4 is 0 Å². The molecule has 0 spiro atoms. The minimum atomic E-state index is -4.24. The van der Waals surface area contributed by atoms with Gasteiger partial charge in [-0.1, -0.05) is 19.1 Å². The van der Waals surface area contributed by atoms with Crippen molar-refractivity contribution in [2.75, 3.05) is 6.54 Å². The number of alkyl halides is 3. The van der Waals surface area contributed by atoms with Gasteiger partial charge in [0.05, 0.1) is 5.56 Å². The fraction of sp³-hybridized carbons (Fsp3) is 0.571. The average molecular weight is 257 g/mol. The zero-order valence-electron chi connectivity index (χ0n) is 10.4. The highest BCUT2D eigenvalue weighted by Gasteiger charge is 2.30. The smallest absolute Gasteiger partial charge is 0.313 e. The number of hydrogen-bond donors (Lipinski definition) is 1. The normalized spacial score (nSPS) is 25.1. The van der Waals surface area contributed by atoms with Crippen LogP contribution in [-0.4, -0.2) is 12.6 Å². The van der Waals surface area contributed by atoms with E-state index < -0.39 is 11.7 Å². The van der Waals surface area contributed by atoms with Gasteiger partial charge in [-0.2, -0.15) is 13.2 Å². The van der Waals surface area contributed by atoms with E-state index in [-0.39, 0.29) is 0 Å². The lowest BCUT2D eigenvalue weighted by Crippen LogP contribution is -2.41. The van der Waals surface area contributed by atoms with Gasteiger partial charge in [0.2, 0.25) is 0 Å². The molecule has 0 bridgehead atoms. The largest absolute Gasteiger partial charge is 0.416 e. The van der Waals surface area contributed by atoms with Crippen LogP contribution in [-0.2, 0) is 12.6 Å². The molecule has 1 aliphatic rings. The Hall–Kier alpha value is -1.03. The summed E-state index contributed by atoms with van der Waals surface area (Å²) < 4.78 is 37.3. The molecule has 0 aliphatic carbocycles. The van der Waals surface area contributed by atoms with Gasteiger partial charge in [-0.05, 0) is 49.4 Å². The number of rotatable bonds is 2. The summed E-state index contributed by atoms with van der Waals surface area (Å²) in [6.07, 6.45) is -1.06. The fourth-order valence-electron chi connectivity index (χ4n) is 2.47. The molecule has 2 atom stereocenters. The molecule has 2 unspecified atom stereocenters. The second kappa shape index (κ2) is 5.31. The third kappa shape index (κ3) is 3.25. The van der Waals surface area contributed by atoms with Crippen LogP contribution < -0.4 is 5.32 Å². The molecule has 0 radical (unpaired) electrons. The molecular weight excluding hydrogens is 239 g/mol. The van der Waals surface area contributed by atoms with Crippen LogP contribution in [0.2, 0.25) is 0 Å². The van der Waals surface area contributed by atoms with E-state index in [1.807, 2.05) is 0 Å². The van der Waals surface area contributed by atoms with Gasteiger partial charge in [0.25, 0.3) is 0 Å². The monoisotopic (exact) mass is 257 g/mol. The van der Waals surface area contributed by atoms with Crippen LogP contribution in [0.1, 0.15) is 30.9 Å². The predicted molar refractivity (Wildman–Crippen MR) is 65.3 cm³/mol. The number of benzene rings is 1. The van der Waals surface area contributed by atoms with Gasteiger partial charge in [0, 0.05) is 6.04 Å².